The quantitative estimate of drug-likeness (QED) is 0.640. The van der Waals surface area contributed by atoms with Crippen LogP contribution in [0.4, 0.5) is 5.69 Å². The van der Waals surface area contributed by atoms with Gasteiger partial charge in [-0.05, 0) is 42.8 Å². The molecule has 0 heterocycles. The fourth-order valence-electron chi connectivity index (χ4n) is 2.36. The van der Waals surface area contributed by atoms with Gasteiger partial charge in [-0.2, -0.15) is 0 Å². The highest BCUT2D eigenvalue weighted by molar-refractivity contribution is 7.89. The summed E-state index contributed by atoms with van der Waals surface area (Å²) in [4.78, 5) is 12.6. The first-order chi connectivity index (χ1) is 12.9. The number of ether oxygens (including phenoxy) is 2. The zero-order valence-corrected chi connectivity index (χ0v) is 16.4. The Morgan fingerprint density at radius 3 is 2.33 bits per heavy atom. The summed E-state index contributed by atoms with van der Waals surface area (Å²) >= 11 is 0. The third-order valence-corrected chi connectivity index (χ3v) is 5.38. The van der Waals surface area contributed by atoms with Gasteiger partial charge in [0, 0.05) is 18.2 Å². The number of hydrogen-bond acceptors (Lipinski definition) is 5. The molecule has 0 saturated carbocycles. The van der Waals surface area contributed by atoms with Crippen molar-refractivity contribution in [3.05, 3.63) is 48.0 Å². The van der Waals surface area contributed by atoms with Crippen LogP contribution in [0.25, 0.3) is 0 Å². The molecular formula is C19H24N2O5S. The minimum atomic E-state index is -3.57. The monoisotopic (exact) mass is 392 g/mol. The number of methoxy groups -OCH3 is 2. The van der Waals surface area contributed by atoms with Gasteiger partial charge in [-0.25, -0.2) is 13.1 Å². The molecule has 7 nitrogen and oxygen atoms in total. The predicted octanol–water partition coefficient (Wildman–Crippen LogP) is 3.03. The summed E-state index contributed by atoms with van der Waals surface area (Å²) in [5.74, 6) is 0.679. The molecule has 0 fully saturated rings. The number of hydrogen-bond donors (Lipinski definition) is 2. The number of rotatable bonds is 9. The molecule has 0 unspecified atom stereocenters. The Hall–Kier alpha value is -2.58. The first-order valence-electron chi connectivity index (χ1n) is 8.54. The van der Waals surface area contributed by atoms with Gasteiger partial charge in [0.15, 0.2) is 0 Å². The summed E-state index contributed by atoms with van der Waals surface area (Å²) in [7, 11) is -0.540. The van der Waals surface area contributed by atoms with E-state index in [1.54, 1.807) is 18.2 Å². The molecule has 0 aliphatic heterocycles. The van der Waals surface area contributed by atoms with Crippen molar-refractivity contribution in [2.45, 2.75) is 24.7 Å². The molecule has 2 N–H and O–H groups in total. The van der Waals surface area contributed by atoms with E-state index in [2.05, 4.69) is 10.0 Å². The smallest absolute Gasteiger partial charge is 0.255 e. The molecule has 0 atom stereocenters. The van der Waals surface area contributed by atoms with Crippen molar-refractivity contribution in [3.63, 3.8) is 0 Å². The van der Waals surface area contributed by atoms with Crippen molar-refractivity contribution >= 4 is 21.6 Å². The molecular weight excluding hydrogens is 368 g/mol. The number of carbonyl (C=O) groups is 1. The van der Waals surface area contributed by atoms with Crippen LogP contribution in [0, 0.1) is 0 Å². The lowest BCUT2D eigenvalue weighted by atomic mass is 10.2. The first kappa shape index (κ1) is 20.7. The molecule has 0 aliphatic rings. The molecule has 0 bridgehead atoms. The lowest BCUT2D eigenvalue weighted by molar-refractivity contribution is 0.102. The minimum Gasteiger partial charge on any atom is -0.497 e. The fourth-order valence-corrected chi connectivity index (χ4v) is 3.43. The van der Waals surface area contributed by atoms with E-state index in [1.165, 1.54) is 38.5 Å². The molecule has 2 aromatic carbocycles. The SMILES string of the molecule is CCCCNS(=O)(=O)c1ccc(C(=O)Nc2cc(OC)ccc2OC)cc1. The Balaban J connectivity index is 2.14. The molecule has 0 radical (unpaired) electrons. The Bertz CT molecular complexity index is 879. The van der Waals surface area contributed by atoms with Crippen LogP contribution in [0.1, 0.15) is 30.1 Å². The standard InChI is InChI=1S/C19H24N2O5S/c1-4-5-12-20-27(23,24)16-9-6-14(7-10-16)19(22)21-17-13-15(25-2)8-11-18(17)26-3/h6-11,13,20H,4-5,12H2,1-3H3,(H,21,22). The van der Waals surface area contributed by atoms with E-state index >= 15 is 0 Å². The van der Waals surface area contributed by atoms with Gasteiger partial charge in [-0.1, -0.05) is 13.3 Å². The van der Waals surface area contributed by atoms with Crippen molar-refractivity contribution in [1.29, 1.82) is 0 Å². The maximum absolute atomic E-state index is 12.5. The average molecular weight is 392 g/mol. The average Bonchev–Trinajstić information content (AvgIpc) is 2.68. The van der Waals surface area contributed by atoms with Crippen LogP contribution in [-0.4, -0.2) is 35.1 Å². The highest BCUT2D eigenvalue weighted by atomic mass is 32.2. The Kier molecular flexibility index (Phi) is 7.20. The van der Waals surface area contributed by atoms with Crippen LogP contribution in [0.15, 0.2) is 47.4 Å². The van der Waals surface area contributed by atoms with Gasteiger partial charge in [0.1, 0.15) is 11.5 Å². The number of benzene rings is 2. The van der Waals surface area contributed by atoms with E-state index in [0.717, 1.165) is 12.8 Å². The summed E-state index contributed by atoms with van der Waals surface area (Å²) in [5, 5.41) is 2.74. The maximum Gasteiger partial charge on any atom is 0.255 e. The van der Waals surface area contributed by atoms with Gasteiger partial charge >= 0.3 is 0 Å². The molecule has 2 aromatic rings. The fraction of sp³-hybridized carbons (Fsp3) is 0.316. The van der Waals surface area contributed by atoms with Crippen molar-refractivity contribution in [3.8, 4) is 11.5 Å². The summed E-state index contributed by atoms with van der Waals surface area (Å²) in [6.45, 7) is 2.37. The lowest BCUT2D eigenvalue weighted by Crippen LogP contribution is -2.24. The van der Waals surface area contributed by atoms with E-state index in [9.17, 15) is 13.2 Å². The van der Waals surface area contributed by atoms with Gasteiger partial charge in [0.25, 0.3) is 5.91 Å². The molecule has 2 rings (SSSR count). The summed E-state index contributed by atoms with van der Waals surface area (Å²) in [6.07, 6.45) is 1.66. The van der Waals surface area contributed by atoms with E-state index in [1.807, 2.05) is 6.92 Å². The Morgan fingerprint density at radius 2 is 1.74 bits per heavy atom. The number of unbranched alkanes of at least 4 members (excludes halogenated alkanes) is 1. The second-order valence-corrected chi connectivity index (χ2v) is 7.56. The normalized spacial score (nSPS) is 11.1. The largest absolute Gasteiger partial charge is 0.497 e. The van der Waals surface area contributed by atoms with Crippen LogP contribution in [0.3, 0.4) is 0 Å². The third-order valence-electron chi connectivity index (χ3n) is 3.90. The topological polar surface area (TPSA) is 93.7 Å². The zero-order chi connectivity index (χ0) is 19.9. The van der Waals surface area contributed by atoms with Crippen LogP contribution in [-0.2, 0) is 10.0 Å². The number of sulfonamides is 1. The van der Waals surface area contributed by atoms with Crippen molar-refractivity contribution in [2.75, 3.05) is 26.1 Å². The number of carbonyl (C=O) groups excluding carboxylic acids is 1. The zero-order valence-electron chi connectivity index (χ0n) is 15.6. The third kappa shape index (κ3) is 5.45. The second kappa shape index (κ2) is 9.38. The Morgan fingerprint density at radius 1 is 1.04 bits per heavy atom. The molecule has 0 aliphatic carbocycles. The molecule has 0 saturated heterocycles. The van der Waals surface area contributed by atoms with Gasteiger partial charge in [0.2, 0.25) is 10.0 Å². The van der Waals surface area contributed by atoms with Crippen molar-refractivity contribution < 1.29 is 22.7 Å². The molecule has 27 heavy (non-hydrogen) atoms. The van der Waals surface area contributed by atoms with Gasteiger partial charge in [-0.15, -0.1) is 0 Å². The maximum atomic E-state index is 12.5. The van der Waals surface area contributed by atoms with Crippen LogP contribution in [0.2, 0.25) is 0 Å². The highest BCUT2D eigenvalue weighted by Gasteiger charge is 2.15. The molecule has 0 aromatic heterocycles. The lowest BCUT2D eigenvalue weighted by Gasteiger charge is -2.12. The number of amides is 1. The van der Waals surface area contributed by atoms with E-state index < -0.39 is 10.0 Å². The van der Waals surface area contributed by atoms with Crippen molar-refractivity contribution in [2.24, 2.45) is 0 Å². The van der Waals surface area contributed by atoms with E-state index in [-0.39, 0.29) is 10.8 Å². The Labute approximate surface area is 159 Å². The van der Waals surface area contributed by atoms with Gasteiger partial charge < -0.3 is 14.8 Å². The van der Waals surface area contributed by atoms with E-state index in [0.29, 0.717) is 29.3 Å². The predicted molar refractivity (Wildman–Crippen MR) is 104 cm³/mol. The summed E-state index contributed by atoms with van der Waals surface area (Å²) in [6, 6.07) is 10.8. The van der Waals surface area contributed by atoms with Crippen LogP contribution >= 0.6 is 0 Å². The molecule has 1 amide bonds. The van der Waals surface area contributed by atoms with Gasteiger partial charge in [0.05, 0.1) is 24.8 Å². The summed E-state index contributed by atoms with van der Waals surface area (Å²) in [5.41, 5.74) is 0.784. The first-order valence-corrected chi connectivity index (χ1v) is 10.0. The number of anilines is 1. The molecule has 8 heteroatoms. The van der Waals surface area contributed by atoms with E-state index in [4.69, 9.17) is 9.47 Å². The summed E-state index contributed by atoms with van der Waals surface area (Å²) < 4.78 is 37.3. The molecule has 0 spiro atoms. The van der Waals surface area contributed by atoms with Crippen LogP contribution in [0.5, 0.6) is 11.5 Å². The van der Waals surface area contributed by atoms with Crippen LogP contribution < -0.4 is 19.5 Å². The van der Waals surface area contributed by atoms with Gasteiger partial charge in [-0.3, -0.25) is 4.79 Å². The second-order valence-electron chi connectivity index (χ2n) is 5.80. The molecule has 146 valence electrons. The van der Waals surface area contributed by atoms with Crippen molar-refractivity contribution in [1.82, 2.24) is 4.72 Å². The highest BCUT2D eigenvalue weighted by Crippen LogP contribution is 2.29. The minimum absolute atomic E-state index is 0.120. The number of nitrogens with one attached hydrogen (secondary N) is 2.